The monoisotopic (exact) mass is 455 g/mol. The van der Waals surface area contributed by atoms with Crippen molar-refractivity contribution >= 4 is 34.3 Å². The predicted octanol–water partition coefficient (Wildman–Crippen LogP) is 5.17. The summed E-state index contributed by atoms with van der Waals surface area (Å²) < 4.78 is 1.61. The van der Waals surface area contributed by atoms with Crippen LogP contribution < -0.4 is 10.9 Å². The Labute approximate surface area is 196 Å². The average Bonchev–Trinajstić information content (AvgIpc) is 3.31. The SMILES string of the molecule is CCc1ccc(-n2c(SCC(=O)Nc3ccc4c(c3)CCC4)nc3ccccc3c2=O)cc1. The lowest BCUT2D eigenvalue weighted by Gasteiger charge is -2.14. The zero-order valence-corrected chi connectivity index (χ0v) is 19.3. The highest BCUT2D eigenvalue weighted by atomic mass is 32.2. The molecule has 6 heteroatoms. The lowest BCUT2D eigenvalue weighted by molar-refractivity contribution is -0.113. The molecule has 166 valence electrons. The van der Waals surface area contributed by atoms with Gasteiger partial charge >= 0.3 is 0 Å². The highest BCUT2D eigenvalue weighted by molar-refractivity contribution is 7.99. The van der Waals surface area contributed by atoms with Crippen LogP contribution in [0.15, 0.2) is 76.7 Å². The van der Waals surface area contributed by atoms with Crippen molar-refractivity contribution in [2.75, 3.05) is 11.1 Å². The van der Waals surface area contributed by atoms with E-state index < -0.39 is 0 Å². The summed E-state index contributed by atoms with van der Waals surface area (Å²) in [4.78, 5) is 30.8. The summed E-state index contributed by atoms with van der Waals surface area (Å²) in [5.74, 6) is 0.0442. The fourth-order valence-electron chi connectivity index (χ4n) is 4.29. The van der Waals surface area contributed by atoms with E-state index in [1.165, 1.54) is 34.9 Å². The molecule has 5 nitrogen and oxygen atoms in total. The number of nitrogens with one attached hydrogen (secondary N) is 1. The first kappa shape index (κ1) is 21.5. The van der Waals surface area contributed by atoms with Crippen molar-refractivity contribution in [1.82, 2.24) is 9.55 Å². The van der Waals surface area contributed by atoms with Gasteiger partial charge in [-0.3, -0.25) is 14.2 Å². The van der Waals surface area contributed by atoms with Gasteiger partial charge in [0, 0.05) is 5.69 Å². The first-order valence-electron chi connectivity index (χ1n) is 11.3. The Morgan fingerprint density at radius 2 is 1.82 bits per heavy atom. The van der Waals surface area contributed by atoms with Crippen molar-refractivity contribution in [2.24, 2.45) is 0 Å². The largest absolute Gasteiger partial charge is 0.325 e. The number of para-hydroxylation sites is 1. The number of rotatable bonds is 6. The van der Waals surface area contributed by atoms with E-state index in [0.717, 1.165) is 30.6 Å². The van der Waals surface area contributed by atoms with E-state index in [-0.39, 0.29) is 17.2 Å². The summed E-state index contributed by atoms with van der Waals surface area (Å²) in [5.41, 5.74) is 5.96. The number of hydrogen-bond donors (Lipinski definition) is 1. The number of aromatic nitrogens is 2. The molecule has 5 rings (SSSR count). The minimum absolute atomic E-state index is 0.117. The fourth-order valence-corrected chi connectivity index (χ4v) is 5.11. The number of amides is 1. The topological polar surface area (TPSA) is 64.0 Å². The summed E-state index contributed by atoms with van der Waals surface area (Å²) in [5, 5.41) is 4.06. The van der Waals surface area contributed by atoms with Gasteiger partial charge in [0.05, 0.1) is 22.3 Å². The zero-order valence-electron chi connectivity index (χ0n) is 18.5. The molecule has 0 fully saturated rings. The van der Waals surface area contributed by atoms with E-state index in [1.807, 2.05) is 48.5 Å². The highest BCUT2D eigenvalue weighted by Gasteiger charge is 2.16. The van der Waals surface area contributed by atoms with Gasteiger partial charge in [-0.25, -0.2) is 4.98 Å². The quantitative estimate of drug-likeness (QED) is 0.322. The van der Waals surface area contributed by atoms with E-state index >= 15 is 0 Å². The molecule has 0 saturated carbocycles. The van der Waals surface area contributed by atoms with Crippen LogP contribution in [0, 0.1) is 0 Å². The van der Waals surface area contributed by atoms with Crippen molar-refractivity contribution < 1.29 is 4.79 Å². The van der Waals surface area contributed by atoms with Crippen LogP contribution in [-0.2, 0) is 24.1 Å². The summed E-state index contributed by atoms with van der Waals surface area (Å²) in [6.45, 7) is 2.10. The maximum absolute atomic E-state index is 13.4. The molecule has 0 radical (unpaired) electrons. The van der Waals surface area contributed by atoms with Crippen LogP contribution in [0.4, 0.5) is 5.69 Å². The third-order valence-corrected chi connectivity index (χ3v) is 7.00. The lowest BCUT2D eigenvalue weighted by Crippen LogP contribution is -2.23. The molecule has 0 aliphatic heterocycles. The van der Waals surface area contributed by atoms with Crippen molar-refractivity contribution in [3.8, 4) is 5.69 Å². The fraction of sp³-hybridized carbons (Fsp3) is 0.222. The Balaban J connectivity index is 1.42. The van der Waals surface area contributed by atoms with Gasteiger partial charge in [-0.2, -0.15) is 0 Å². The third kappa shape index (κ3) is 4.44. The van der Waals surface area contributed by atoms with Gasteiger partial charge in [0.1, 0.15) is 0 Å². The van der Waals surface area contributed by atoms with Crippen LogP contribution in [0.5, 0.6) is 0 Å². The molecule has 1 aliphatic carbocycles. The Kier molecular flexibility index (Phi) is 6.01. The molecule has 4 aromatic rings. The van der Waals surface area contributed by atoms with E-state index in [0.29, 0.717) is 16.1 Å². The molecule has 0 bridgehead atoms. The number of carbonyl (C=O) groups is 1. The normalized spacial score (nSPS) is 12.6. The Hall–Kier alpha value is -3.38. The molecule has 1 aliphatic rings. The Morgan fingerprint density at radius 3 is 2.64 bits per heavy atom. The predicted molar refractivity (Wildman–Crippen MR) is 135 cm³/mol. The van der Waals surface area contributed by atoms with E-state index in [2.05, 4.69) is 24.4 Å². The average molecular weight is 456 g/mol. The molecule has 0 saturated heterocycles. The lowest BCUT2D eigenvalue weighted by atomic mass is 10.1. The molecule has 3 aromatic carbocycles. The first-order valence-corrected chi connectivity index (χ1v) is 12.3. The maximum Gasteiger partial charge on any atom is 0.266 e. The summed E-state index contributed by atoms with van der Waals surface area (Å²) in [6.07, 6.45) is 4.28. The van der Waals surface area contributed by atoms with E-state index in [9.17, 15) is 9.59 Å². The molecular weight excluding hydrogens is 430 g/mol. The second-order valence-corrected chi connectivity index (χ2v) is 9.19. The van der Waals surface area contributed by atoms with Crippen LogP contribution in [0.1, 0.15) is 30.0 Å². The van der Waals surface area contributed by atoms with Gasteiger partial charge in [0.2, 0.25) is 5.91 Å². The summed E-state index contributed by atoms with van der Waals surface area (Å²) >= 11 is 1.27. The number of benzene rings is 3. The number of nitrogens with zero attached hydrogens (tertiary/aromatic N) is 2. The second-order valence-electron chi connectivity index (χ2n) is 8.25. The number of aryl methyl sites for hydroxylation is 3. The van der Waals surface area contributed by atoms with Gasteiger partial charge < -0.3 is 5.32 Å². The molecular formula is C27H25N3O2S. The molecule has 0 spiro atoms. The van der Waals surface area contributed by atoms with Crippen LogP contribution >= 0.6 is 11.8 Å². The van der Waals surface area contributed by atoms with Crippen molar-refractivity contribution in [2.45, 2.75) is 37.8 Å². The van der Waals surface area contributed by atoms with Gasteiger partial charge in [-0.1, -0.05) is 49.0 Å². The van der Waals surface area contributed by atoms with Crippen LogP contribution in [0.2, 0.25) is 0 Å². The van der Waals surface area contributed by atoms with Crippen molar-refractivity contribution in [3.63, 3.8) is 0 Å². The van der Waals surface area contributed by atoms with Gasteiger partial charge in [-0.15, -0.1) is 0 Å². The van der Waals surface area contributed by atoms with Crippen LogP contribution in [0.25, 0.3) is 16.6 Å². The minimum Gasteiger partial charge on any atom is -0.325 e. The Morgan fingerprint density at radius 1 is 1.03 bits per heavy atom. The molecule has 1 heterocycles. The maximum atomic E-state index is 13.4. The van der Waals surface area contributed by atoms with Gasteiger partial charge in [0.15, 0.2) is 5.16 Å². The summed E-state index contributed by atoms with van der Waals surface area (Å²) in [6, 6.07) is 21.4. The van der Waals surface area contributed by atoms with Gasteiger partial charge in [0.25, 0.3) is 5.56 Å². The molecule has 1 N–H and O–H groups in total. The smallest absolute Gasteiger partial charge is 0.266 e. The second kappa shape index (κ2) is 9.24. The Bertz CT molecular complexity index is 1390. The number of carbonyl (C=O) groups excluding carboxylic acids is 1. The van der Waals surface area contributed by atoms with Crippen molar-refractivity contribution in [1.29, 1.82) is 0 Å². The number of anilines is 1. The molecule has 0 unspecified atom stereocenters. The number of fused-ring (bicyclic) bond motifs is 2. The van der Waals surface area contributed by atoms with Gasteiger partial charge in [-0.05, 0) is 78.8 Å². The zero-order chi connectivity index (χ0) is 22.8. The summed E-state index contributed by atoms with van der Waals surface area (Å²) in [7, 11) is 0. The number of hydrogen-bond acceptors (Lipinski definition) is 4. The molecule has 1 aromatic heterocycles. The van der Waals surface area contributed by atoms with Crippen LogP contribution in [0.3, 0.4) is 0 Å². The molecule has 0 atom stereocenters. The molecule has 1 amide bonds. The number of thioether (sulfide) groups is 1. The van der Waals surface area contributed by atoms with E-state index in [4.69, 9.17) is 4.98 Å². The van der Waals surface area contributed by atoms with Crippen molar-refractivity contribution in [3.05, 3.63) is 93.8 Å². The molecule has 33 heavy (non-hydrogen) atoms. The standard InChI is InChI=1S/C27H25N3O2S/c1-2-18-10-14-22(15-11-18)30-26(32)23-8-3-4-9-24(23)29-27(30)33-17-25(31)28-21-13-12-19-6-5-7-20(19)16-21/h3-4,8-16H,2,5-7,17H2,1H3,(H,28,31). The third-order valence-electron chi connectivity index (χ3n) is 6.06. The van der Waals surface area contributed by atoms with E-state index in [1.54, 1.807) is 10.6 Å². The highest BCUT2D eigenvalue weighted by Crippen LogP contribution is 2.26. The minimum atomic E-state index is -0.133. The first-order chi connectivity index (χ1) is 16.1. The van der Waals surface area contributed by atoms with Crippen LogP contribution in [-0.4, -0.2) is 21.2 Å².